The fourth-order valence-electron chi connectivity index (χ4n) is 0.490. The molecule has 1 atom stereocenters. The molecular weight excluding hydrogens is 146 g/mol. The van der Waals surface area contributed by atoms with Crippen molar-refractivity contribution < 1.29 is 15.0 Å². The minimum atomic E-state index is -0.908. The van der Waals surface area contributed by atoms with E-state index in [1.165, 1.54) is 6.92 Å². The fraction of sp³-hybridized carbons (Fsp3) is 0.857. The van der Waals surface area contributed by atoms with Crippen LogP contribution in [0.4, 0.5) is 0 Å². The van der Waals surface area contributed by atoms with Crippen molar-refractivity contribution in [3.63, 3.8) is 0 Å². The lowest BCUT2D eigenvalue weighted by molar-refractivity contribution is -0.139. The molecule has 4 heteroatoms. The largest absolute Gasteiger partial charge is 0.480 e. The van der Waals surface area contributed by atoms with Gasteiger partial charge < -0.3 is 15.5 Å². The molecule has 0 spiro atoms. The van der Waals surface area contributed by atoms with Crippen LogP contribution in [-0.2, 0) is 4.79 Å². The summed E-state index contributed by atoms with van der Waals surface area (Å²) in [5.41, 5.74) is -0.857. The molecular formula is C7H15NO3. The molecule has 66 valence electrons. The number of aliphatic carboxylic acids is 1. The fourth-order valence-corrected chi connectivity index (χ4v) is 0.490. The Kier molecular flexibility index (Phi) is 3.48. The summed E-state index contributed by atoms with van der Waals surface area (Å²) in [5.74, 6) is -0.908. The van der Waals surface area contributed by atoms with Crippen LogP contribution in [0.5, 0.6) is 0 Å². The second kappa shape index (κ2) is 3.69. The third kappa shape index (κ3) is 5.82. The van der Waals surface area contributed by atoms with Crippen LogP contribution in [0.25, 0.3) is 0 Å². The molecule has 0 saturated heterocycles. The normalized spacial score (nSPS) is 14.5. The summed E-state index contributed by atoms with van der Waals surface area (Å²) in [6, 6.07) is -0.610. The molecule has 1 unspecified atom stereocenters. The van der Waals surface area contributed by atoms with Crippen molar-refractivity contribution in [2.45, 2.75) is 32.4 Å². The Labute approximate surface area is 66.2 Å². The van der Waals surface area contributed by atoms with Gasteiger partial charge in [0.05, 0.1) is 5.60 Å². The Morgan fingerprint density at radius 1 is 1.64 bits per heavy atom. The summed E-state index contributed by atoms with van der Waals surface area (Å²) in [6.07, 6.45) is 0. The van der Waals surface area contributed by atoms with Crippen LogP contribution >= 0.6 is 0 Å². The van der Waals surface area contributed by atoms with E-state index < -0.39 is 17.6 Å². The van der Waals surface area contributed by atoms with Crippen molar-refractivity contribution >= 4 is 5.97 Å². The molecule has 0 bridgehead atoms. The average molecular weight is 161 g/mol. The highest BCUT2D eigenvalue weighted by atomic mass is 16.4. The Hall–Kier alpha value is -0.610. The van der Waals surface area contributed by atoms with Gasteiger partial charge in [-0.2, -0.15) is 0 Å². The van der Waals surface area contributed by atoms with Gasteiger partial charge in [0.1, 0.15) is 6.04 Å². The molecule has 0 fully saturated rings. The Morgan fingerprint density at radius 3 is 2.36 bits per heavy atom. The molecule has 0 amide bonds. The number of hydrogen-bond acceptors (Lipinski definition) is 3. The number of carboxylic acid groups (broad SMARTS) is 1. The van der Waals surface area contributed by atoms with Gasteiger partial charge in [0.15, 0.2) is 0 Å². The lowest BCUT2D eigenvalue weighted by Crippen LogP contribution is -2.42. The number of nitrogens with one attached hydrogen (secondary N) is 1. The van der Waals surface area contributed by atoms with Gasteiger partial charge in [-0.05, 0) is 20.8 Å². The molecule has 0 aliphatic heterocycles. The quantitative estimate of drug-likeness (QED) is 0.535. The van der Waals surface area contributed by atoms with Crippen LogP contribution in [0.3, 0.4) is 0 Å². The smallest absolute Gasteiger partial charge is 0.320 e. The Bertz CT molecular complexity index is 139. The average Bonchev–Trinajstić information content (AvgIpc) is 1.80. The van der Waals surface area contributed by atoms with Crippen molar-refractivity contribution in [2.75, 3.05) is 6.54 Å². The maximum Gasteiger partial charge on any atom is 0.320 e. The van der Waals surface area contributed by atoms with E-state index in [0.29, 0.717) is 0 Å². The van der Waals surface area contributed by atoms with E-state index >= 15 is 0 Å². The van der Waals surface area contributed by atoms with E-state index in [-0.39, 0.29) is 6.54 Å². The van der Waals surface area contributed by atoms with E-state index in [0.717, 1.165) is 0 Å². The first kappa shape index (κ1) is 10.4. The molecule has 0 aromatic carbocycles. The second-order valence-corrected chi connectivity index (χ2v) is 3.25. The van der Waals surface area contributed by atoms with E-state index in [1.807, 2.05) is 0 Å². The maximum absolute atomic E-state index is 10.3. The molecule has 0 heterocycles. The SMILES string of the molecule is CC(NCC(C)(C)O)C(=O)O. The van der Waals surface area contributed by atoms with Crippen molar-refractivity contribution in [1.82, 2.24) is 5.32 Å². The van der Waals surface area contributed by atoms with Gasteiger partial charge in [-0.3, -0.25) is 4.79 Å². The third-order valence-electron chi connectivity index (χ3n) is 1.21. The van der Waals surface area contributed by atoms with Gasteiger partial charge >= 0.3 is 5.97 Å². The van der Waals surface area contributed by atoms with E-state index in [4.69, 9.17) is 5.11 Å². The zero-order valence-corrected chi connectivity index (χ0v) is 7.09. The first-order chi connectivity index (χ1) is 4.83. The van der Waals surface area contributed by atoms with Crippen LogP contribution in [0, 0.1) is 0 Å². The summed E-state index contributed by atoms with van der Waals surface area (Å²) in [4.78, 5) is 10.3. The Morgan fingerprint density at radius 2 is 2.09 bits per heavy atom. The topological polar surface area (TPSA) is 69.6 Å². The van der Waals surface area contributed by atoms with E-state index in [9.17, 15) is 9.90 Å². The van der Waals surface area contributed by atoms with Crippen LogP contribution < -0.4 is 5.32 Å². The highest BCUT2D eigenvalue weighted by molar-refractivity contribution is 5.72. The van der Waals surface area contributed by atoms with Crippen LogP contribution in [0.15, 0.2) is 0 Å². The van der Waals surface area contributed by atoms with Crippen LogP contribution in [-0.4, -0.2) is 34.4 Å². The monoisotopic (exact) mass is 161 g/mol. The highest BCUT2D eigenvalue weighted by Gasteiger charge is 2.16. The van der Waals surface area contributed by atoms with Crippen molar-refractivity contribution in [3.8, 4) is 0 Å². The summed E-state index contributed by atoms with van der Waals surface area (Å²) in [7, 11) is 0. The first-order valence-electron chi connectivity index (χ1n) is 3.51. The van der Waals surface area contributed by atoms with Gasteiger partial charge in [-0.15, -0.1) is 0 Å². The molecule has 0 aromatic rings. The standard InChI is InChI=1S/C7H15NO3/c1-5(6(9)10)8-4-7(2,3)11/h5,8,11H,4H2,1-3H3,(H,9,10). The van der Waals surface area contributed by atoms with Crippen molar-refractivity contribution in [1.29, 1.82) is 0 Å². The molecule has 0 saturated carbocycles. The summed E-state index contributed by atoms with van der Waals surface area (Å²) in [5, 5.41) is 20.3. The summed E-state index contributed by atoms with van der Waals surface area (Å²) < 4.78 is 0. The number of hydrogen-bond donors (Lipinski definition) is 3. The molecule has 0 aliphatic rings. The lowest BCUT2D eigenvalue weighted by atomic mass is 10.1. The highest BCUT2D eigenvalue weighted by Crippen LogP contribution is 1.97. The van der Waals surface area contributed by atoms with Crippen LogP contribution in [0.1, 0.15) is 20.8 Å². The van der Waals surface area contributed by atoms with Gasteiger partial charge in [0, 0.05) is 6.54 Å². The van der Waals surface area contributed by atoms with Gasteiger partial charge in [-0.1, -0.05) is 0 Å². The molecule has 0 aromatic heterocycles. The van der Waals surface area contributed by atoms with Gasteiger partial charge in [0.25, 0.3) is 0 Å². The number of carboxylic acids is 1. The molecule has 11 heavy (non-hydrogen) atoms. The Balaban J connectivity index is 3.63. The predicted octanol–water partition coefficient (Wildman–Crippen LogP) is -0.180. The molecule has 3 N–H and O–H groups in total. The van der Waals surface area contributed by atoms with Gasteiger partial charge in [-0.25, -0.2) is 0 Å². The van der Waals surface area contributed by atoms with E-state index in [2.05, 4.69) is 5.32 Å². The number of aliphatic hydroxyl groups is 1. The number of carbonyl (C=O) groups is 1. The summed E-state index contributed by atoms with van der Waals surface area (Å²) >= 11 is 0. The first-order valence-corrected chi connectivity index (χ1v) is 3.51. The second-order valence-electron chi connectivity index (χ2n) is 3.25. The molecule has 4 nitrogen and oxygen atoms in total. The molecule has 0 rings (SSSR count). The van der Waals surface area contributed by atoms with Crippen LogP contribution in [0.2, 0.25) is 0 Å². The number of rotatable bonds is 4. The summed E-state index contributed by atoms with van der Waals surface area (Å²) in [6.45, 7) is 5.05. The molecule has 0 radical (unpaired) electrons. The lowest BCUT2D eigenvalue weighted by Gasteiger charge is -2.19. The molecule has 0 aliphatic carbocycles. The minimum Gasteiger partial charge on any atom is -0.480 e. The maximum atomic E-state index is 10.3. The van der Waals surface area contributed by atoms with E-state index in [1.54, 1.807) is 13.8 Å². The predicted molar refractivity (Wildman–Crippen MR) is 41.4 cm³/mol. The minimum absolute atomic E-state index is 0.278. The zero-order chi connectivity index (χ0) is 9.07. The van der Waals surface area contributed by atoms with Gasteiger partial charge in [0.2, 0.25) is 0 Å². The zero-order valence-electron chi connectivity index (χ0n) is 7.09. The van der Waals surface area contributed by atoms with Crippen molar-refractivity contribution in [2.24, 2.45) is 0 Å². The van der Waals surface area contributed by atoms with Crippen molar-refractivity contribution in [3.05, 3.63) is 0 Å². The third-order valence-corrected chi connectivity index (χ3v) is 1.21.